The van der Waals surface area contributed by atoms with Crippen molar-refractivity contribution in [3.05, 3.63) is 57.8 Å². The van der Waals surface area contributed by atoms with Crippen LogP contribution >= 0.6 is 11.3 Å². The molecule has 0 atom stereocenters. The summed E-state index contributed by atoms with van der Waals surface area (Å²) in [5, 5.41) is 32.2. The summed E-state index contributed by atoms with van der Waals surface area (Å²) in [5.41, 5.74) is 0.287. The number of hydrogen-bond acceptors (Lipinski definition) is 9. The minimum absolute atomic E-state index is 0.0611. The largest absolute Gasteiger partial charge is 0.457 e. The molecular weight excluding hydrogens is 432 g/mol. The zero-order chi connectivity index (χ0) is 22.5. The number of nitriles is 1. The molecule has 32 heavy (non-hydrogen) atoms. The van der Waals surface area contributed by atoms with Gasteiger partial charge in [0, 0.05) is 36.9 Å². The summed E-state index contributed by atoms with van der Waals surface area (Å²) in [5.74, 6) is 0.0274. The molecule has 1 aromatic carbocycles. The van der Waals surface area contributed by atoms with Crippen LogP contribution in [0.1, 0.15) is 25.0 Å². The minimum Gasteiger partial charge on any atom is -0.457 e. The maximum absolute atomic E-state index is 12.5. The molecule has 1 saturated heterocycles. The van der Waals surface area contributed by atoms with E-state index in [-0.39, 0.29) is 17.0 Å². The zero-order valence-corrected chi connectivity index (χ0v) is 17.7. The standard InChI is InChI=1S/C21H18N6O4S/c22-13-15(19(28)23-20-24-25-21(32-20)26-9-2-1-3-10-26)12-17-7-8-18(31-17)14-5-4-6-16(11-14)27(29)30/h4-8,11-12H,1-3,9-10H2,(H,23,24,28)/b15-12-. The topological polar surface area (TPSA) is 138 Å². The molecule has 4 rings (SSSR count). The van der Waals surface area contributed by atoms with E-state index in [4.69, 9.17) is 4.42 Å². The number of rotatable bonds is 6. The molecule has 1 aliphatic heterocycles. The highest BCUT2D eigenvalue weighted by molar-refractivity contribution is 7.19. The molecular formula is C21H18N6O4S. The van der Waals surface area contributed by atoms with Gasteiger partial charge in [-0.15, -0.1) is 10.2 Å². The fraction of sp³-hybridized carbons (Fsp3) is 0.238. The predicted octanol–water partition coefficient (Wildman–Crippen LogP) is 4.24. The third-order valence-electron chi connectivity index (χ3n) is 4.88. The second kappa shape index (κ2) is 9.40. The van der Waals surface area contributed by atoms with Crippen LogP contribution in [0.15, 0.2) is 46.4 Å². The lowest BCUT2D eigenvalue weighted by atomic mass is 10.1. The Labute approximate surface area is 186 Å². The Bertz CT molecular complexity index is 1220. The van der Waals surface area contributed by atoms with E-state index in [1.165, 1.54) is 36.0 Å². The van der Waals surface area contributed by atoms with E-state index in [1.807, 2.05) is 6.07 Å². The number of amides is 1. The van der Waals surface area contributed by atoms with Crippen molar-refractivity contribution in [1.82, 2.24) is 10.2 Å². The van der Waals surface area contributed by atoms with Crippen LogP contribution in [-0.2, 0) is 4.79 Å². The molecule has 162 valence electrons. The van der Waals surface area contributed by atoms with Gasteiger partial charge in [-0.2, -0.15) is 5.26 Å². The number of piperidine rings is 1. The van der Waals surface area contributed by atoms with E-state index in [2.05, 4.69) is 20.4 Å². The Kier molecular flexibility index (Phi) is 6.23. The second-order valence-corrected chi connectivity index (χ2v) is 8.03. The lowest BCUT2D eigenvalue weighted by molar-refractivity contribution is -0.384. The van der Waals surface area contributed by atoms with Crippen LogP contribution in [0.4, 0.5) is 16.0 Å². The number of non-ortho nitro benzene ring substituents is 1. The van der Waals surface area contributed by atoms with Crippen LogP contribution in [0.2, 0.25) is 0 Å². The summed E-state index contributed by atoms with van der Waals surface area (Å²) in [4.78, 5) is 25.1. The number of nitro benzene ring substituents is 1. The smallest absolute Gasteiger partial charge is 0.270 e. The number of aromatic nitrogens is 2. The molecule has 0 radical (unpaired) electrons. The third-order valence-corrected chi connectivity index (χ3v) is 5.78. The quantitative estimate of drug-likeness (QED) is 0.255. The summed E-state index contributed by atoms with van der Waals surface area (Å²) in [7, 11) is 0. The van der Waals surface area contributed by atoms with Crippen LogP contribution in [0.5, 0.6) is 0 Å². The van der Waals surface area contributed by atoms with Gasteiger partial charge in [0.15, 0.2) is 0 Å². The molecule has 0 bridgehead atoms. The van der Waals surface area contributed by atoms with Gasteiger partial charge in [0.25, 0.3) is 11.6 Å². The van der Waals surface area contributed by atoms with E-state index in [1.54, 1.807) is 24.3 Å². The molecule has 1 aliphatic rings. The molecule has 1 amide bonds. The van der Waals surface area contributed by atoms with E-state index in [0.29, 0.717) is 16.5 Å². The maximum Gasteiger partial charge on any atom is 0.270 e. The molecule has 11 heteroatoms. The number of nitro groups is 1. The maximum atomic E-state index is 12.5. The first kappa shape index (κ1) is 21.2. The van der Waals surface area contributed by atoms with Crippen molar-refractivity contribution in [2.75, 3.05) is 23.3 Å². The normalized spacial score (nSPS) is 14.1. The third kappa shape index (κ3) is 4.81. The Balaban J connectivity index is 1.47. The van der Waals surface area contributed by atoms with E-state index in [0.717, 1.165) is 31.1 Å². The Morgan fingerprint density at radius 3 is 2.81 bits per heavy atom. The highest BCUT2D eigenvalue weighted by atomic mass is 32.1. The first-order valence-electron chi connectivity index (χ1n) is 9.90. The van der Waals surface area contributed by atoms with Gasteiger partial charge in [0.05, 0.1) is 4.92 Å². The molecule has 0 unspecified atom stereocenters. The van der Waals surface area contributed by atoms with Gasteiger partial charge >= 0.3 is 0 Å². The molecule has 0 spiro atoms. The van der Waals surface area contributed by atoms with Gasteiger partial charge < -0.3 is 9.32 Å². The van der Waals surface area contributed by atoms with Crippen molar-refractivity contribution in [3.63, 3.8) is 0 Å². The molecule has 2 aromatic heterocycles. The molecule has 1 fully saturated rings. The van der Waals surface area contributed by atoms with Crippen molar-refractivity contribution in [2.24, 2.45) is 0 Å². The van der Waals surface area contributed by atoms with Crippen LogP contribution in [-0.4, -0.2) is 34.1 Å². The van der Waals surface area contributed by atoms with Gasteiger partial charge in [-0.1, -0.05) is 23.5 Å². The zero-order valence-electron chi connectivity index (χ0n) is 16.9. The summed E-state index contributed by atoms with van der Waals surface area (Å²) in [6.45, 7) is 1.83. The molecule has 10 nitrogen and oxygen atoms in total. The van der Waals surface area contributed by atoms with Crippen LogP contribution in [0.3, 0.4) is 0 Å². The number of benzene rings is 1. The van der Waals surface area contributed by atoms with Crippen LogP contribution < -0.4 is 10.2 Å². The van der Waals surface area contributed by atoms with E-state index in [9.17, 15) is 20.2 Å². The number of nitrogens with one attached hydrogen (secondary N) is 1. The minimum atomic E-state index is -0.623. The van der Waals surface area contributed by atoms with Gasteiger partial charge in [-0.05, 0) is 31.4 Å². The van der Waals surface area contributed by atoms with Gasteiger partial charge in [-0.3, -0.25) is 20.2 Å². The Hall–Kier alpha value is -4.04. The average Bonchev–Trinajstić information content (AvgIpc) is 3.48. The Morgan fingerprint density at radius 1 is 1.25 bits per heavy atom. The van der Waals surface area contributed by atoms with Crippen molar-refractivity contribution in [1.29, 1.82) is 5.26 Å². The summed E-state index contributed by atoms with van der Waals surface area (Å²) in [6.07, 6.45) is 4.71. The molecule has 0 aliphatic carbocycles. The summed E-state index contributed by atoms with van der Waals surface area (Å²) < 4.78 is 5.66. The van der Waals surface area contributed by atoms with Gasteiger partial charge in [0.1, 0.15) is 23.2 Å². The molecule has 3 heterocycles. The average molecular weight is 450 g/mol. The second-order valence-electron chi connectivity index (χ2n) is 7.07. The van der Waals surface area contributed by atoms with Crippen molar-refractivity contribution >= 4 is 39.3 Å². The fourth-order valence-electron chi connectivity index (χ4n) is 3.29. The van der Waals surface area contributed by atoms with Crippen molar-refractivity contribution < 1.29 is 14.1 Å². The lowest BCUT2D eigenvalue weighted by Gasteiger charge is -2.25. The van der Waals surface area contributed by atoms with Gasteiger partial charge in [0.2, 0.25) is 10.3 Å². The summed E-state index contributed by atoms with van der Waals surface area (Å²) >= 11 is 1.26. The highest BCUT2D eigenvalue weighted by Crippen LogP contribution is 2.28. The number of anilines is 2. The number of hydrogen-bond donors (Lipinski definition) is 1. The first-order valence-corrected chi connectivity index (χ1v) is 10.7. The Morgan fingerprint density at radius 2 is 2.06 bits per heavy atom. The summed E-state index contributed by atoms with van der Waals surface area (Å²) in [6, 6.07) is 11.1. The monoisotopic (exact) mass is 450 g/mol. The lowest BCUT2D eigenvalue weighted by Crippen LogP contribution is -2.29. The van der Waals surface area contributed by atoms with E-state index < -0.39 is 10.8 Å². The van der Waals surface area contributed by atoms with E-state index >= 15 is 0 Å². The van der Waals surface area contributed by atoms with Crippen LogP contribution in [0.25, 0.3) is 17.4 Å². The predicted molar refractivity (Wildman–Crippen MR) is 119 cm³/mol. The first-order chi connectivity index (χ1) is 15.5. The number of carbonyl (C=O) groups excluding carboxylic acids is 1. The number of furan rings is 1. The van der Waals surface area contributed by atoms with Crippen molar-refractivity contribution in [3.8, 4) is 17.4 Å². The number of nitrogens with zero attached hydrogens (tertiary/aromatic N) is 5. The molecule has 3 aromatic rings. The molecule has 0 saturated carbocycles. The van der Waals surface area contributed by atoms with Crippen LogP contribution in [0, 0.1) is 21.4 Å². The SMILES string of the molecule is N#C/C(=C/c1ccc(-c2cccc([N+](=O)[O-])c2)o1)C(=O)Nc1nnc(N2CCCCC2)s1. The highest BCUT2D eigenvalue weighted by Gasteiger charge is 2.18. The molecule has 1 N–H and O–H groups in total. The van der Waals surface area contributed by atoms with Crippen molar-refractivity contribution in [2.45, 2.75) is 19.3 Å². The fourth-order valence-corrected chi connectivity index (χ4v) is 4.08. The van der Waals surface area contributed by atoms with Gasteiger partial charge in [-0.25, -0.2) is 0 Å². The number of carbonyl (C=O) groups is 1.